The molecule has 8 heteroatoms. The molecule has 2 rings (SSSR count). The maximum atomic E-state index is 12.4. The summed E-state index contributed by atoms with van der Waals surface area (Å²) >= 11 is 6.76. The lowest BCUT2D eigenvalue weighted by Crippen LogP contribution is -2.21. The van der Waals surface area contributed by atoms with Crippen molar-refractivity contribution < 1.29 is 19.8 Å². The third kappa shape index (κ3) is 8.02. The summed E-state index contributed by atoms with van der Waals surface area (Å²) in [6.07, 6.45) is 8.82. The number of hydrogen-bond acceptors (Lipinski definition) is 5. The van der Waals surface area contributed by atoms with Crippen molar-refractivity contribution in [2.75, 3.05) is 0 Å². The zero-order chi connectivity index (χ0) is 22.1. The highest BCUT2D eigenvalue weighted by atomic mass is 79.9. The van der Waals surface area contributed by atoms with Crippen molar-refractivity contribution >= 4 is 58.6 Å². The van der Waals surface area contributed by atoms with Gasteiger partial charge in [-0.15, -0.1) is 23.1 Å². The molecule has 162 valence electrons. The lowest BCUT2D eigenvalue weighted by atomic mass is 9.83. The van der Waals surface area contributed by atoms with E-state index >= 15 is 0 Å². The minimum absolute atomic E-state index is 0.0424. The first kappa shape index (κ1) is 25.4. The minimum atomic E-state index is -0.787. The van der Waals surface area contributed by atoms with Crippen LogP contribution in [0.2, 0.25) is 6.32 Å². The molecule has 0 amide bonds. The number of aryl methyl sites for hydroxylation is 2. The fraction of sp³-hybridized carbons (Fsp3) is 0.545. The summed E-state index contributed by atoms with van der Waals surface area (Å²) in [5.41, 5.74) is 0. The monoisotopic (exact) mass is 510 g/mol. The molecule has 1 aromatic rings. The summed E-state index contributed by atoms with van der Waals surface area (Å²) in [5, 5.41) is 21.0. The van der Waals surface area contributed by atoms with Crippen LogP contribution in [0, 0.1) is 18.8 Å². The van der Waals surface area contributed by atoms with E-state index in [1.54, 1.807) is 29.2 Å². The zero-order valence-corrected chi connectivity index (χ0v) is 20.3. The van der Waals surface area contributed by atoms with Crippen molar-refractivity contribution in [2.24, 2.45) is 11.8 Å². The first-order valence-corrected chi connectivity index (χ1v) is 12.7. The molecular weight excluding hydrogens is 483 g/mol. The van der Waals surface area contributed by atoms with Gasteiger partial charge in [-0.2, -0.15) is 0 Å². The average Bonchev–Trinajstić information content (AvgIpc) is 3.19. The van der Waals surface area contributed by atoms with Crippen LogP contribution < -0.4 is 0 Å². The zero-order valence-electron chi connectivity index (χ0n) is 17.1. The molecular formula is C22H28BBrO4S2. The van der Waals surface area contributed by atoms with Crippen LogP contribution in [-0.4, -0.2) is 41.2 Å². The predicted molar refractivity (Wildman–Crippen MR) is 129 cm³/mol. The van der Waals surface area contributed by atoms with Gasteiger partial charge in [0.25, 0.3) is 0 Å². The Morgan fingerprint density at radius 1 is 1.40 bits per heavy atom. The Morgan fingerprint density at radius 3 is 2.80 bits per heavy atom. The van der Waals surface area contributed by atoms with Crippen LogP contribution >= 0.6 is 39.0 Å². The van der Waals surface area contributed by atoms with E-state index < -0.39 is 12.1 Å². The summed E-state index contributed by atoms with van der Waals surface area (Å²) in [6, 6.07) is 2.07. The van der Waals surface area contributed by atoms with Gasteiger partial charge in [0, 0.05) is 32.3 Å². The number of carboxylic acids is 1. The van der Waals surface area contributed by atoms with Gasteiger partial charge in [-0.05, 0) is 77.9 Å². The topological polar surface area (TPSA) is 74.6 Å². The first-order chi connectivity index (χ1) is 14.3. The van der Waals surface area contributed by atoms with Crippen LogP contribution in [0.4, 0.5) is 0 Å². The molecule has 1 heterocycles. The first-order valence-electron chi connectivity index (χ1n) is 10.2. The number of rotatable bonds is 12. The van der Waals surface area contributed by atoms with Crippen molar-refractivity contribution in [1.29, 1.82) is 0 Å². The summed E-state index contributed by atoms with van der Waals surface area (Å²) in [6.45, 7) is 2.05. The molecule has 2 N–H and O–H groups in total. The van der Waals surface area contributed by atoms with Gasteiger partial charge in [-0.1, -0.05) is 18.5 Å². The average molecular weight is 511 g/mol. The van der Waals surface area contributed by atoms with E-state index in [9.17, 15) is 14.7 Å². The van der Waals surface area contributed by atoms with Gasteiger partial charge in [-0.25, -0.2) is 0 Å². The largest absolute Gasteiger partial charge is 0.481 e. The van der Waals surface area contributed by atoms with Gasteiger partial charge in [0.2, 0.25) is 0 Å². The quantitative estimate of drug-likeness (QED) is 0.226. The smallest absolute Gasteiger partial charge is 0.303 e. The maximum absolute atomic E-state index is 12.4. The van der Waals surface area contributed by atoms with E-state index in [1.165, 1.54) is 9.75 Å². The lowest BCUT2D eigenvalue weighted by molar-refractivity contribution is -0.137. The van der Waals surface area contributed by atoms with Crippen molar-refractivity contribution in [1.82, 2.24) is 0 Å². The number of hydrogen-bond donors (Lipinski definition) is 2. The van der Waals surface area contributed by atoms with E-state index in [4.69, 9.17) is 13.0 Å². The number of carbonyl (C=O) groups is 2. The van der Waals surface area contributed by atoms with Gasteiger partial charge in [0.1, 0.15) is 0 Å². The number of ketones is 1. The van der Waals surface area contributed by atoms with Crippen LogP contribution in [0.5, 0.6) is 0 Å². The van der Waals surface area contributed by atoms with Crippen LogP contribution in [0.25, 0.3) is 0 Å². The number of aliphatic hydroxyl groups excluding tert-OH is 1. The number of thioether (sulfide) groups is 1. The molecule has 0 bridgehead atoms. The van der Waals surface area contributed by atoms with Crippen LogP contribution in [0.1, 0.15) is 41.9 Å². The number of carboxylic acid groups (broad SMARTS) is 1. The highest BCUT2D eigenvalue weighted by Gasteiger charge is 2.39. The number of carbonyl (C=O) groups excluding carboxylic acids is 1. The van der Waals surface area contributed by atoms with E-state index in [0.29, 0.717) is 32.0 Å². The molecule has 0 saturated heterocycles. The number of thiophene rings is 1. The Bertz CT molecular complexity index is 758. The standard InChI is InChI=1S/C22H28BBrO4S2/c1-14-19(24)12-17(30-14)8-6-16(25)7-9-18-15(13-23)11-20(26)22(18)29-10-4-2-3-5-21(27)28/h4,7,9-10,12,15,18,20,22,26H,2-3,5-6,8,11,13H2,1H3,(H,27,28)/b9-7+,10-4-/t15-,18-,20?,22+/m0/s1. The second kappa shape index (κ2) is 12.9. The second-order valence-corrected chi connectivity index (χ2v) is 10.9. The summed E-state index contributed by atoms with van der Waals surface area (Å²) in [4.78, 5) is 25.3. The van der Waals surface area contributed by atoms with E-state index in [0.717, 1.165) is 10.9 Å². The molecule has 1 saturated carbocycles. The Labute approximate surface area is 196 Å². The van der Waals surface area contributed by atoms with E-state index in [-0.39, 0.29) is 29.3 Å². The molecule has 4 atom stereocenters. The number of halogens is 1. The molecule has 1 aliphatic carbocycles. The molecule has 0 aromatic carbocycles. The number of aliphatic hydroxyl groups is 1. The van der Waals surface area contributed by atoms with Gasteiger partial charge in [0.15, 0.2) is 5.78 Å². The molecule has 1 aromatic heterocycles. The normalized spacial score (nSPS) is 24.2. The lowest BCUT2D eigenvalue weighted by Gasteiger charge is -2.20. The van der Waals surface area contributed by atoms with Crippen molar-refractivity contribution in [3.63, 3.8) is 0 Å². The molecule has 0 aliphatic heterocycles. The fourth-order valence-electron chi connectivity index (χ4n) is 3.60. The van der Waals surface area contributed by atoms with Crippen molar-refractivity contribution in [2.45, 2.75) is 63.1 Å². The summed E-state index contributed by atoms with van der Waals surface area (Å²) in [7, 11) is 5.91. The fourth-order valence-corrected chi connectivity index (χ4v) is 6.42. The third-order valence-corrected chi connectivity index (χ3v) is 8.76. The van der Waals surface area contributed by atoms with Gasteiger partial charge < -0.3 is 10.2 Å². The van der Waals surface area contributed by atoms with E-state index in [2.05, 4.69) is 28.9 Å². The SMILES string of the molecule is [B]C[C@@H]1CC(O)[C@H](S/C=C\CCCC(=O)O)[C@H]1/C=C/C(=O)CCc1cc(Br)c(C)s1. The second-order valence-electron chi connectivity index (χ2n) is 7.58. The highest BCUT2D eigenvalue weighted by Crippen LogP contribution is 2.42. The molecule has 1 unspecified atom stereocenters. The highest BCUT2D eigenvalue weighted by molar-refractivity contribution is 9.10. The number of unbranched alkanes of at least 4 members (excludes halogenated alkanes) is 1. The maximum Gasteiger partial charge on any atom is 0.303 e. The number of allylic oxidation sites excluding steroid dienone is 3. The molecule has 30 heavy (non-hydrogen) atoms. The van der Waals surface area contributed by atoms with Crippen LogP contribution in [0.3, 0.4) is 0 Å². The van der Waals surface area contributed by atoms with Crippen molar-refractivity contribution in [3.05, 3.63) is 43.9 Å². The third-order valence-electron chi connectivity index (χ3n) is 5.27. The van der Waals surface area contributed by atoms with Gasteiger partial charge in [-0.3, -0.25) is 9.59 Å². The Hall–Kier alpha value is -0.825. The van der Waals surface area contributed by atoms with Gasteiger partial charge >= 0.3 is 5.97 Å². The number of aliphatic carboxylic acids is 1. The molecule has 1 aliphatic rings. The Morgan fingerprint density at radius 2 is 2.17 bits per heavy atom. The Kier molecular flexibility index (Phi) is 10.9. The summed E-state index contributed by atoms with van der Waals surface area (Å²) < 4.78 is 1.09. The predicted octanol–water partition coefficient (Wildman–Crippen LogP) is 5.33. The molecule has 2 radical (unpaired) electrons. The minimum Gasteiger partial charge on any atom is -0.481 e. The van der Waals surface area contributed by atoms with Crippen molar-refractivity contribution in [3.8, 4) is 0 Å². The molecule has 4 nitrogen and oxygen atoms in total. The van der Waals surface area contributed by atoms with Crippen LogP contribution in [0.15, 0.2) is 34.2 Å². The molecule has 1 fully saturated rings. The Balaban J connectivity index is 1.89. The van der Waals surface area contributed by atoms with Gasteiger partial charge in [0.05, 0.1) is 14.0 Å². The van der Waals surface area contributed by atoms with Crippen LogP contribution in [-0.2, 0) is 16.0 Å². The van der Waals surface area contributed by atoms with E-state index in [1.807, 2.05) is 17.6 Å². The summed E-state index contributed by atoms with van der Waals surface area (Å²) in [5.74, 6) is -0.509. The molecule has 0 spiro atoms.